The third-order valence-corrected chi connectivity index (χ3v) is 3.80. The van der Waals surface area contributed by atoms with E-state index in [1.165, 1.54) is 12.1 Å². The molecule has 0 aliphatic heterocycles. The van der Waals surface area contributed by atoms with Gasteiger partial charge in [-0.3, -0.25) is 9.59 Å². The number of amides is 2. The molecule has 0 aliphatic carbocycles. The lowest BCUT2D eigenvalue weighted by molar-refractivity contribution is -0.137. The molecule has 29 heavy (non-hydrogen) atoms. The molecule has 2 aromatic rings. The van der Waals surface area contributed by atoms with Crippen LogP contribution in [0.4, 0.5) is 24.5 Å². The molecule has 2 rings (SSSR count). The van der Waals surface area contributed by atoms with E-state index in [2.05, 4.69) is 16.0 Å². The van der Waals surface area contributed by atoms with Crippen LogP contribution in [-0.2, 0) is 22.3 Å². The molecule has 0 saturated carbocycles. The van der Waals surface area contributed by atoms with Gasteiger partial charge in [0.05, 0.1) is 18.7 Å². The number of likely N-dealkylation sites (N-methyl/N-ethyl adjacent to an activating group) is 1. The van der Waals surface area contributed by atoms with Gasteiger partial charge < -0.3 is 20.9 Å². The zero-order valence-electron chi connectivity index (χ0n) is 16.1. The van der Waals surface area contributed by atoms with Crippen molar-refractivity contribution in [2.75, 3.05) is 37.8 Å². The van der Waals surface area contributed by atoms with Gasteiger partial charge in [0.2, 0.25) is 11.8 Å². The second-order valence-electron chi connectivity index (χ2n) is 6.70. The standard InChI is InChI=1S/C20H23F3N4O2/c1-27(2)13-19(29)26-17-8-3-5-14(9-17)11-25-18(28)12-24-16-7-4-6-15(10-16)20(21,22)23/h3-10,24H,11-13H2,1-2H3,(H,25,28)(H,26,29). The SMILES string of the molecule is CN(C)CC(=O)Nc1cccc(CNC(=O)CNc2cccc(C(F)(F)F)c2)c1. The first kappa shape index (κ1) is 22.2. The van der Waals surface area contributed by atoms with Gasteiger partial charge in [0.1, 0.15) is 0 Å². The topological polar surface area (TPSA) is 73.5 Å². The van der Waals surface area contributed by atoms with Crippen LogP contribution < -0.4 is 16.0 Å². The van der Waals surface area contributed by atoms with E-state index < -0.39 is 11.7 Å². The van der Waals surface area contributed by atoms with Gasteiger partial charge in [-0.1, -0.05) is 18.2 Å². The second kappa shape index (κ2) is 9.92. The molecule has 6 nitrogen and oxygen atoms in total. The Morgan fingerprint density at radius 3 is 2.34 bits per heavy atom. The molecule has 156 valence electrons. The number of carbonyl (C=O) groups is 2. The molecule has 0 bridgehead atoms. The van der Waals surface area contributed by atoms with Crippen molar-refractivity contribution in [3.8, 4) is 0 Å². The lowest BCUT2D eigenvalue weighted by Crippen LogP contribution is -2.29. The second-order valence-corrected chi connectivity index (χ2v) is 6.70. The van der Waals surface area contributed by atoms with Crippen molar-refractivity contribution in [1.82, 2.24) is 10.2 Å². The molecular formula is C20H23F3N4O2. The van der Waals surface area contributed by atoms with Crippen molar-refractivity contribution in [2.45, 2.75) is 12.7 Å². The molecule has 0 saturated heterocycles. The van der Waals surface area contributed by atoms with Crippen molar-refractivity contribution in [1.29, 1.82) is 0 Å². The number of benzene rings is 2. The van der Waals surface area contributed by atoms with Gasteiger partial charge in [-0.05, 0) is 50.0 Å². The average Bonchev–Trinajstić information content (AvgIpc) is 2.64. The predicted molar refractivity (Wildman–Crippen MR) is 105 cm³/mol. The lowest BCUT2D eigenvalue weighted by Gasteiger charge is -2.12. The summed E-state index contributed by atoms with van der Waals surface area (Å²) < 4.78 is 38.1. The highest BCUT2D eigenvalue weighted by atomic mass is 19.4. The van der Waals surface area contributed by atoms with E-state index in [9.17, 15) is 22.8 Å². The van der Waals surface area contributed by atoms with Gasteiger partial charge in [-0.25, -0.2) is 0 Å². The fraction of sp³-hybridized carbons (Fsp3) is 0.300. The molecule has 0 fully saturated rings. The minimum Gasteiger partial charge on any atom is -0.376 e. The first-order chi connectivity index (χ1) is 13.6. The van der Waals surface area contributed by atoms with Crippen LogP contribution in [0.15, 0.2) is 48.5 Å². The Kier molecular flexibility index (Phi) is 7.60. The summed E-state index contributed by atoms with van der Waals surface area (Å²) in [5, 5.41) is 8.13. The zero-order chi connectivity index (χ0) is 21.4. The Morgan fingerprint density at radius 1 is 0.966 bits per heavy atom. The van der Waals surface area contributed by atoms with Crippen molar-refractivity contribution in [2.24, 2.45) is 0 Å². The zero-order valence-corrected chi connectivity index (χ0v) is 16.1. The Morgan fingerprint density at radius 2 is 1.66 bits per heavy atom. The maximum atomic E-state index is 12.7. The third kappa shape index (κ3) is 7.82. The number of nitrogens with zero attached hydrogens (tertiary/aromatic N) is 1. The Hall–Kier alpha value is -3.07. The van der Waals surface area contributed by atoms with Gasteiger partial charge in [0.25, 0.3) is 0 Å². The van der Waals surface area contributed by atoms with Crippen LogP contribution in [0.3, 0.4) is 0 Å². The Bertz CT molecular complexity index is 854. The van der Waals surface area contributed by atoms with Crippen molar-refractivity contribution in [3.63, 3.8) is 0 Å². The molecular weight excluding hydrogens is 385 g/mol. The largest absolute Gasteiger partial charge is 0.416 e. The molecule has 0 aliphatic rings. The van der Waals surface area contributed by atoms with E-state index in [-0.39, 0.29) is 37.1 Å². The fourth-order valence-electron chi connectivity index (χ4n) is 2.50. The summed E-state index contributed by atoms with van der Waals surface area (Å²) in [6.45, 7) is 0.309. The Labute approximate surface area is 167 Å². The van der Waals surface area contributed by atoms with E-state index in [4.69, 9.17) is 0 Å². The molecule has 3 N–H and O–H groups in total. The molecule has 0 heterocycles. The van der Waals surface area contributed by atoms with Crippen LogP contribution in [0.2, 0.25) is 0 Å². The summed E-state index contributed by atoms with van der Waals surface area (Å²) in [5.74, 6) is -0.522. The first-order valence-corrected chi connectivity index (χ1v) is 8.85. The number of nitrogens with one attached hydrogen (secondary N) is 3. The summed E-state index contributed by atoms with van der Waals surface area (Å²) in [6, 6.07) is 11.7. The van der Waals surface area contributed by atoms with E-state index in [1.807, 2.05) is 0 Å². The van der Waals surface area contributed by atoms with Crippen LogP contribution in [0.25, 0.3) is 0 Å². The number of carbonyl (C=O) groups excluding carboxylic acids is 2. The minimum absolute atomic E-state index is 0.151. The Balaban J connectivity index is 1.84. The molecule has 2 amide bonds. The third-order valence-electron chi connectivity index (χ3n) is 3.80. The van der Waals surface area contributed by atoms with Crippen LogP contribution in [0, 0.1) is 0 Å². The highest BCUT2D eigenvalue weighted by Crippen LogP contribution is 2.30. The highest BCUT2D eigenvalue weighted by molar-refractivity contribution is 5.92. The maximum absolute atomic E-state index is 12.7. The lowest BCUT2D eigenvalue weighted by atomic mass is 10.2. The average molecular weight is 408 g/mol. The van der Waals surface area contributed by atoms with Crippen LogP contribution in [-0.4, -0.2) is 43.9 Å². The van der Waals surface area contributed by atoms with E-state index >= 15 is 0 Å². The number of anilines is 2. The van der Waals surface area contributed by atoms with Crippen molar-refractivity contribution >= 4 is 23.2 Å². The summed E-state index contributed by atoms with van der Waals surface area (Å²) in [5.41, 5.74) is 0.822. The molecule has 0 radical (unpaired) electrons. The van der Waals surface area contributed by atoms with Gasteiger partial charge in [0.15, 0.2) is 0 Å². The van der Waals surface area contributed by atoms with Crippen LogP contribution in [0.5, 0.6) is 0 Å². The quantitative estimate of drug-likeness (QED) is 0.628. The minimum atomic E-state index is -4.44. The molecule has 0 aromatic heterocycles. The summed E-state index contributed by atoms with van der Waals surface area (Å²) >= 11 is 0. The molecule has 0 atom stereocenters. The van der Waals surface area contributed by atoms with E-state index in [0.29, 0.717) is 5.69 Å². The highest BCUT2D eigenvalue weighted by Gasteiger charge is 2.30. The molecule has 0 unspecified atom stereocenters. The fourth-order valence-corrected chi connectivity index (χ4v) is 2.50. The number of halogens is 3. The normalized spacial score (nSPS) is 11.2. The number of rotatable bonds is 8. The smallest absolute Gasteiger partial charge is 0.376 e. The van der Waals surface area contributed by atoms with Gasteiger partial charge in [-0.2, -0.15) is 13.2 Å². The van der Waals surface area contributed by atoms with Gasteiger partial charge in [-0.15, -0.1) is 0 Å². The first-order valence-electron chi connectivity index (χ1n) is 8.85. The molecule has 2 aromatic carbocycles. The van der Waals surface area contributed by atoms with E-state index in [1.54, 1.807) is 43.3 Å². The van der Waals surface area contributed by atoms with Crippen molar-refractivity contribution < 1.29 is 22.8 Å². The van der Waals surface area contributed by atoms with E-state index in [0.717, 1.165) is 17.7 Å². The summed E-state index contributed by atoms with van der Waals surface area (Å²) in [7, 11) is 3.58. The monoisotopic (exact) mass is 408 g/mol. The molecule has 9 heteroatoms. The van der Waals surface area contributed by atoms with Gasteiger partial charge >= 0.3 is 6.18 Å². The predicted octanol–water partition coefficient (Wildman–Crippen LogP) is 2.93. The van der Waals surface area contributed by atoms with Crippen LogP contribution in [0.1, 0.15) is 11.1 Å². The van der Waals surface area contributed by atoms with Gasteiger partial charge in [0, 0.05) is 17.9 Å². The summed E-state index contributed by atoms with van der Waals surface area (Å²) in [4.78, 5) is 25.5. The summed E-state index contributed by atoms with van der Waals surface area (Å²) in [6.07, 6.45) is -4.44. The van der Waals surface area contributed by atoms with Crippen molar-refractivity contribution in [3.05, 3.63) is 59.7 Å². The van der Waals surface area contributed by atoms with Crippen LogP contribution >= 0.6 is 0 Å². The number of hydrogen-bond donors (Lipinski definition) is 3. The number of hydrogen-bond acceptors (Lipinski definition) is 4. The number of alkyl halides is 3. The molecule has 0 spiro atoms. The maximum Gasteiger partial charge on any atom is 0.416 e.